The van der Waals surface area contributed by atoms with Crippen LogP contribution in [0.25, 0.3) is 0 Å². The Morgan fingerprint density at radius 3 is 2.22 bits per heavy atom. The number of urea groups is 1. The van der Waals surface area contributed by atoms with Crippen LogP contribution in [0.5, 0.6) is 11.5 Å². The lowest BCUT2D eigenvalue weighted by molar-refractivity contribution is 0.220. The zero-order valence-electron chi connectivity index (χ0n) is 13.7. The summed E-state index contributed by atoms with van der Waals surface area (Å²) in [7, 11) is 3.37. The molecule has 0 aliphatic heterocycles. The topological polar surface area (TPSA) is 50.8 Å². The highest BCUT2D eigenvalue weighted by Gasteiger charge is 2.09. The first kappa shape index (κ1) is 16.7. The Labute approximate surface area is 136 Å². The van der Waals surface area contributed by atoms with Crippen LogP contribution in [0.3, 0.4) is 0 Å². The van der Waals surface area contributed by atoms with E-state index in [1.807, 2.05) is 43.3 Å². The largest absolute Gasteiger partial charge is 0.497 e. The van der Waals surface area contributed by atoms with Crippen LogP contribution in [0.2, 0.25) is 0 Å². The van der Waals surface area contributed by atoms with Gasteiger partial charge in [0.2, 0.25) is 0 Å². The molecule has 23 heavy (non-hydrogen) atoms. The Morgan fingerprint density at radius 2 is 1.65 bits per heavy atom. The van der Waals surface area contributed by atoms with Crippen LogP contribution in [0.15, 0.2) is 48.5 Å². The summed E-state index contributed by atoms with van der Waals surface area (Å²) < 4.78 is 10.5. The minimum atomic E-state index is -0.163. The summed E-state index contributed by atoms with van der Waals surface area (Å²) in [5.41, 5.74) is 1.77. The molecular weight excluding hydrogens is 292 g/mol. The molecule has 0 bridgehead atoms. The second-order valence-corrected chi connectivity index (χ2v) is 5.09. The van der Waals surface area contributed by atoms with Crippen molar-refractivity contribution >= 4 is 11.7 Å². The third-order valence-electron chi connectivity index (χ3n) is 3.34. The van der Waals surface area contributed by atoms with E-state index in [1.54, 1.807) is 31.2 Å². The number of hydrogen-bond donors (Lipinski definition) is 1. The summed E-state index contributed by atoms with van der Waals surface area (Å²) in [5.74, 6) is 1.59. The van der Waals surface area contributed by atoms with Gasteiger partial charge in [0.15, 0.2) is 0 Å². The average molecular weight is 314 g/mol. The molecule has 0 aliphatic rings. The van der Waals surface area contributed by atoms with Crippen molar-refractivity contribution in [3.8, 4) is 11.5 Å². The Morgan fingerprint density at radius 1 is 1.04 bits per heavy atom. The summed E-state index contributed by atoms with van der Waals surface area (Å²) in [6.45, 7) is 3.11. The van der Waals surface area contributed by atoms with Crippen molar-refractivity contribution in [1.82, 2.24) is 4.90 Å². The third-order valence-corrected chi connectivity index (χ3v) is 3.34. The summed E-state index contributed by atoms with van der Waals surface area (Å²) in [5, 5.41) is 2.85. The molecule has 0 unspecified atom stereocenters. The number of methoxy groups -OCH3 is 1. The van der Waals surface area contributed by atoms with Crippen molar-refractivity contribution in [2.24, 2.45) is 0 Å². The first-order valence-corrected chi connectivity index (χ1v) is 7.50. The SMILES string of the molecule is CCOc1ccc(CN(C)C(=O)Nc2ccc(OC)cc2)cc1. The maximum Gasteiger partial charge on any atom is 0.321 e. The number of benzene rings is 2. The molecule has 0 aromatic heterocycles. The Bertz CT molecular complexity index is 624. The summed E-state index contributed by atoms with van der Waals surface area (Å²) in [6.07, 6.45) is 0. The monoisotopic (exact) mass is 314 g/mol. The van der Waals surface area contributed by atoms with E-state index in [9.17, 15) is 4.79 Å². The summed E-state index contributed by atoms with van der Waals surface area (Å²) >= 11 is 0. The maximum atomic E-state index is 12.2. The number of carbonyl (C=O) groups is 1. The van der Waals surface area contributed by atoms with Gasteiger partial charge in [0.05, 0.1) is 13.7 Å². The summed E-state index contributed by atoms with van der Waals surface area (Å²) in [6, 6.07) is 14.8. The molecule has 0 heterocycles. The van der Waals surface area contributed by atoms with E-state index >= 15 is 0 Å². The highest BCUT2D eigenvalue weighted by atomic mass is 16.5. The number of rotatable bonds is 6. The predicted molar refractivity (Wildman–Crippen MR) is 91.1 cm³/mol. The Kier molecular flexibility index (Phi) is 5.86. The zero-order valence-corrected chi connectivity index (χ0v) is 13.7. The summed E-state index contributed by atoms with van der Waals surface area (Å²) in [4.78, 5) is 13.8. The molecule has 2 rings (SSSR count). The van der Waals surface area contributed by atoms with Crippen LogP contribution in [-0.2, 0) is 6.54 Å². The van der Waals surface area contributed by atoms with E-state index in [4.69, 9.17) is 9.47 Å². The lowest BCUT2D eigenvalue weighted by atomic mass is 10.2. The Hall–Kier alpha value is -2.69. The third kappa shape index (κ3) is 4.92. The van der Waals surface area contributed by atoms with Gasteiger partial charge in [0.1, 0.15) is 11.5 Å². The van der Waals surface area contributed by atoms with Crippen LogP contribution in [0.1, 0.15) is 12.5 Å². The number of nitrogens with zero attached hydrogens (tertiary/aromatic N) is 1. The van der Waals surface area contributed by atoms with E-state index in [2.05, 4.69) is 5.32 Å². The minimum absolute atomic E-state index is 0.163. The smallest absolute Gasteiger partial charge is 0.321 e. The number of nitrogens with one attached hydrogen (secondary N) is 1. The highest BCUT2D eigenvalue weighted by Crippen LogP contribution is 2.16. The van der Waals surface area contributed by atoms with Gasteiger partial charge in [-0.1, -0.05) is 12.1 Å². The van der Waals surface area contributed by atoms with Gasteiger partial charge in [0, 0.05) is 19.3 Å². The highest BCUT2D eigenvalue weighted by molar-refractivity contribution is 5.89. The number of hydrogen-bond acceptors (Lipinski definition) is 3. The normalized spacial score (nSPS) is 10.0. The molecule has 2 amide bonds. The molecule has 0 spiro atoms. The van der Waals surface area contributed by atoms with Crippen molar-refractivity contribution in [1.29, 1.82) is 0 Å². The lowest BCUT2D eigenvalue weighted by Crippen LogP contribution is -2.30. The molecule has 2 aromatic rings. The molecule has 122 valence electrons. The van der Waals surface area contributed by atoms with Gasteiger partial charge in [-0.3, -0.25) is 0 Å². The van der Waals surface area contributed by atoms with Gasteiger partial charge in [-0.2, -0.15) is 0 Å². The van der Waals surface area contributed by atoms with Crippen LogP contribution in [0.4, 0.5) is 10.5 Å². The second-order valence-electron chi connectivity index (χ2n) is 5.09. The van der Waals surface area contributed by atoms with E-state index < -0.39 is 0 Å². The standard InChI is InChI=1S/C18H22N2O3/c1-4-23-17-9-5-14(6-10-17)13-20(2)18(21)19-15-7-11-16(22-3)12-8-15/h5-12H,4,13H2,1-3H3,(H,19,21). The van der Waals surface area contributed by atoms with Crippen LogP contribution in [0, 0.1) is 0 Å². The van der Waals surface area contributed by atoms with Crippen molar-refractivity contribution in [3.05, 3.63) is 54.1 Å². The van der Waals surface area contributed by atoms with Gasteiger partial charge in [-0.05, 0) is 48.9 Å². The first-order valence-electron chi connectivity index (χ1n) is 7.50. The van der Waals surface area contributed by atoms with E-state index in [0.29, 0.717) is 13.2 Å². The van der Waals surface area contributed by atoms with Crippen molar-refractivity contribution in [3.63, 3.8) is 0 Å². The number of carbonyl (C=O) groups excluding carboxylic acids is 1. The molecule has 0 radical (unpaired) electrons. The average Bonchev–Trinajstić information content (AvgIpc) is 2.57. The fourth-order valence-corrected chi connectivity index (χ4v) is 2.10. The van der Waals surface area contributed by atoms with Crippen LogP contribution < -0.4 is 14.8 Å². The molecular formula is C18H22N2O3. The fourth-order valence-electron chi connectivity index (χ4n) is 2.10. The van der Waals surface area contributed by atoms with E-state index in [1.165, 1.54) is 0 Å². The fraction of sp³-hybridized carbons (Fsp3) is 0.278. The quantitative estimate of drug-likeness (QED) is 0.883. The molecule has 2 aromatic carbocycles. The van der Waals surface area contributed by atoms with Gasteiger partial charge in [-0.15, -0.1) is 0 Å². The van der Waals surface area contributed by atoms with Gasteiger partial charge in [-0.25, -0.2) is 4.79 Å². The lowest BCUT2D eigenvalue weighted by Gasteiger charge is -2.18. The van der Waals surface area contributed by atoms with E-state index in [-0.39, 0.29) is 6.03 Å². The molecule has 0 atom stereocenters. The second kappa shape index (κ2) is 8.08. The molecule has 5 nitrogen and oxygen atoms in total. The zero-order chi connectivity index (χ0) is 16.7. The van der Waals surface area contributed by atoms with Gasteiger partial charge < -0.3 is 19.7 Å². The van der Waals surface area contributed by atoms with Crippen molar-refractivity contribution in [2.75, 3.05) is 26.1 Å². The maximum absolute atomic E-state index is 12.2. The van der Waals surface area contributed by atoms with Crippen LogP contribution >= 0.6 is 0 Å². The minimum Gasteiger partial charge on any atom is -0.497 e. The molecule has 1 N–H and O–H groups in total. The predicted octanol–water partition coefficient (Wildman–Crippen LogP) is 3.76. The Balaban J connectivity index is 1.90. The molecule has 0 fully saturated rings. The number of ether oxygens (including phenoxy) is 2. The molecule has 0 saturated heterocycles. The van der Waals surface area contributed by atoms with Gasteiger partial charge in [0.25, 0.3) is 0 Å². The molecule has 0 aliphatic carbocycles. The van der Waals surface area contributed by atoms with Crippen LogP contribution in [-0.4, -0.2) is 31.7 Å². The van der Waals surface area contributed by atoms with Crippen molar-refractivity contribution in [2.45, 2.75) is 13.5 Å². The number of anilines is 1. The molecule has 5 heteroatoms. The first-order chi connectivity index (χ1) is 11.1. The number of amides is 2. The van der Waals surface area contributed by atoms with Crippen molar-refractivity contribution < 1.29 is 14.3 Å². The van der Waals surface area contributed by atoms with E-state index in [0.717, 1.165) is 22.7 Å². The molecule has 0 saturated carbocycles. The van der Waals surface area contributed by atoms with Gasteiger partial charge >= 0.3 is 6.03 Å².